The molecule has 0 unspecified atom stereocenters. The average Bonchev–Trinajstić information content (AvgIpc) is 1.70. The summed E-state index contributed by atoms with van der Waals surface area (Å²) in [5, 5.41) is 0. The summed E-state index contributed by atoms with van der Waals surface area (Å²) in [6.07, 6.45) is 3.00. The Balaban J connectivity index is -0.0000000600. The van der Waals surface area contributed by atoms with Crippen molar-refractivity contribution in [2.45, 2.75) is 0 Å². The molecular formula is C6H10Br2Ti-2. The van der Waals surface area contributed by atoms with E-state index in [1.807, 2.05) is 0 Å². The number of hydrogen-bond acceptors (Lipinski definition) is 0. The molecule has 0 nitrogen and oxygen atoms in total. The van der Waals surface area contributed by atoms with Gasteiger partial charge in [-0.25, -0.2) is 39.2 Å². The summed E-state index contributed by atoms with van der Waals surface area (Å²) in [7, 11) is 0. The normalized spacial score (nSPS) is 4.22. The first kappa shape index (κ1) is 16.5. The van der Waals surface area contributed by atoms with Gasteiger partial charge in [-0.3, -0.25) is 0 Å². The van der Waals surface area contributed by atoms with Gasteiger partial charge in [0.25, 0.3) is 0 Å². The van der Waals surface area contributed by atoms with E-state index in [1.54, 1.807) is 0 Å². The van der Waals surface area contributed by atoms with Gasteiger partial charge in [0, 0.05) is 0 Å². The van der Waals surface area contributed by atoms with Crippen LogP contribution < -0.4 is 0 Å². The molecule has 0 heterocycles. The Morgan fingerprint density at radius 3 is 1.11 bits per heavy atom. The number of hydrogen-bond donors (Lipinski definition) is 0. The zero-order valence-corrected chi connectivity index (χ0v) is 9.97. The van der Waals surface area contributed by atoms with Crippen molar-refractivity contribution in [2.24, 2.45) is 0 Å². The Hall–Kier alpha value is 0.894. The molecule has 0 rings (SSSR count). The zero-order valence-electron chi connectivity index (χ0n) is 5.24. The van der Waals surface area contributed by atoms with Gasteiger partial charge in [0.05, 0.1) is 0 Å². The predicted octanol–water partition coefficient (Wildman–Crippen LogP) is 3.70. The van der Waals surface area contributed by atoms with E-state index >= 15 is 0 Å². The van der Waals surface area contributed by atoms with Crippen LogP contribution in [0.2, 0.25) is 0 Å². The van der Waals surface area contributed by atoms with Crippen molar-refractivity contribution in [3.8, 4) is 0 Å². The van der Waals surface area contributed by atoms with E-state index in [1.165, 1.54) is 12.2 Å². The van der Waals surface area contributed by atoms with E-state index in [4.69, 9.17) is 0 Å². The third-order valence-electron chi connectivity index (χ3n) is 0. The van der Waals surface area contributed by atoms with Crippen LogP contribution in [0.5, 0.6) is 0 Å². The maximum atomic E-state index is 3.25. The number of rotatable bonds is 0. The average molecular weight is 290 g/mol. The van der Waals surface area contributed by atoms with Gasteiger partial charge in [-0.15, -0.1) is 0 Å². The molecule has 0 aromatic heterocycles. The maximum absolute atomic E-state index is 3.25. The summed E-state index contributed by atoms with van der Waals surface area (Å²) < 4.78 is 0. The molecule has 0 aliphatic carbocycles. The van der Waals surface area contributed by atoms with Crippen LogP contribution in [0.4, 0.5) is 0 Å². The van der Waals surface area contributed by atoms with Crippen LogP contribution in [-0.2, 0) is 15.0 Å². The molecule has 0 aliphatic heterocycles. The number of allylic oxidation sites excluding steroid dienone is 2. The van der Waals surface area contributed by atoms with Gasteiger partial charge in [0.1, 0.15) is 0 Å². The molecule has 0 fully saturated rings. The van der Waals surface area contributed by atoms with E-state index < -0.39 is 0 Å². The van der Waals surface area contributed by atoms with Gasteiger partial charge >= 0.3 is 41.3 Å². The first-order chi connectivity index (χ1) is 4.24. The van der Waals surface area contributed by atoms with Crippen LogP contribution in [0.1, 0.15) is 0 Å². The van der Waals surface area contributed by atoms with Crippen LogP contribution in [0, 0.1) is 13.8 Å². The molecule has 0 amide bonds. The summed E-state index contributed by atoms with van der Waals surface area (Å²) in [4.78, 5) is 0. The van der Waals surface area contributed by atoms with Crippen molar-refractivity contribution < 1.29 is 15.0 Å². The van der Waals surface area contributed by atoms with Crippen LogP contribution in [0.25, 0.3) is 0 Å². The molecule has 0 bridgehead atoms. The third-order valence-corrected chi connectivity index (χ3v) is 0. The van der Waals surface area contributed by atoms with Gasteiger partial charge in [0.2, 0.25) is 0 Å². The molecule has 0 saturated carbocycles. The second kappa shape index (κ2) is 36.5. The SMILES string of the molecule is C=C[CH2-].C=C[CH2-].[Br][Ti][Br]. The second-order valence-electron chi connectivity index (χ2n) is 0.649. The van der Waals surface area contributed by atoms with E-state index in [9.17, 15) is 0 Å². The van der Waals surface area contributed by atoms with Gasteiger partial charge < -0.3 is 0 Å². The summed E-state index contributed by atoms with van der Waals surface area (Å²) in [5.41, 5.74) is 0. The molecule has 0 N–H and O–H groups in total. The van der Waals surface area contributed by atoms with E-state index in [-0.39, 0.29) is 15.0 Å². The number of halogens is 2. The van der Waals surface area contributed by atoms with E-state index in [0.717, 1.165) is 0 Å². The second-order valence-corrected chi connectivity index (χ2v) is 8.53. The van der Waals surface area contributed by atoms with Crippen molar-refractivity contribution in [3.63, 3.8) is 0 Å². The third kappa shape index (κ3) is 529. The molecule has 9 heavy (non-hydrogen) atoms. The Labute approximate surface area is 79.8 Å². The van der Waals surface area contributed by atoms with E-state index in [2.05, 4.69) is 53.3 Å². The minimum atomic E-state index is 0.125. The Morgan fingerprint density at radius 2 is 1.11 bits per heavy atom. The molecule has 0 radical (unpaired) electrons. The Kier molecular flexibility index (Phi) is 66.9. The topological polar surface area (TPSA) is 0 Å². The molecule has 54 valence electrons. The summed E-state index contributed by atoms with van der Waals surface area (Å²) in [6, 6.07) is 0. The molecule has 0 aliphatic rings. The van der Waals surface area contributed by atoms with Gasteiger partial charge in [0.15, 0.2) is 0 Å². The summed E-state index contributed by atoms with van der Waals surface area (Å²) in [5.74, 6) is 0. The van der Waals surface area contributed by atoms with Crippen LogP contribution >= 0.6 is 26.3 Å². The van der Waals surface area contributed by atoms with Gasteiger partial charge in [-0.1, -0.05) is 0 Å². The monoisotopic (exact) mass is 288 g/mol. The fourth-order valence-electron chi connectivity index (χ4n) is 0. The van der Waals surface area contributed by atoms with Gasteiger partial charge in [-0.2, -0.15) is 0 Å². The molecule has 0 spiro atoms. The molecular weight excluding hydrogens is 280 g/mol. The standard InChI is InChI=1S/2C3H5.2BrH.Ti/c2*1-3-2;;;/h2*3H,1-2H2;2*1H;/q2*-1;;;+2/p-2. The van der Waals surface area contributed by atoms with Crippen LogP contribution in [-0.4, -0.2) is 0 Å². The van der Waals surface area contributed by atoms with Crippen molar-refractivity contribution in [1.29, 1.82) is 0 Å². The fraction of sp³-hybridized carbons (Fsp3) is 0. The molecule has 0 aromatic carbocycles. The molecule has 3 heteroatoms. The fourth-order valence-corrected chi connectivity index (χ4v) is 0. The van der Waals surface area contributed by atoms with Crippen molar-refractivity contribution in [1.82, 2.24) is 0 Å². The van der Waals surface area contributed by atoms with Crippen molar-refractivity contribution in [3.05, 3.63) is 39.2 Å². The quantitative estimate of drug-likeness (QED) is 0.471. The van der Waals surface area contributed by atoms with Crippen molar-refractivity contribution >= 4 is 26.3 Å². The first-order valence-electron chi connectivity index (χ1n) is 2.01. The zero-order chi connectivity index (χ0) is 8.12. The first-order valence-corrected chi connectivity index (χ1v) is 9.73. The van der Waals surface area contributed by atoms with Crippen LogP contribution in [0.3, 0.4) is 0 Å². The minimum absolute atomic E-state index is 0.125. The predicted molar refractivity (Wildman–Crippen MR) is 49.0 cm³/mol. The molecule has 0 saturated heterocycles. The Bertz CT molecular complexity index is 40.3. The van der Waals surface area contributed by atoms with E-state index in [0.29, 0.717) is 0 Å². The summed E-state index contributed by atoms with van der Waals surface area (Å²) in [6.45, 7) is 13.0. The molecule has 0 aromatic rings. The Morgan fingerprint density at radius 1 is 1.11 bits per heavy atom. The van der Waals surface area contributed by atoms with Gasteiger partial charge in [-0.05, 0) is 0 Å². The summed E-state index contributed by atoms with van der Waals surface area (Å²) >= 11 is 6.50. The van der Waals surface area contributed by atoms with Crippen molar-refractivity contribution in [2.75, 3.05) is 0 Å². The molecule has 0 atom stereocenters. The van der Waals surface area contributed by atoms with Crippen LogP contribution in [0.15, 0.2) is 25.3 Å².